The minimum absolute atomic E-state index is 0.0615. The molecule has 1 aromatic heterocycles. The largest absolute Gasteiger partial charge is 0.493 e. The number of carbonyl (C=O) groups excluding carboxylic acids is 2. The lowest BCUT2D eigenvalue weighted by atomic mass is 10.1. The average molecular weight is 489 g/mol. The summed E-state index contributed by atoms with van der Waals surface area (Å²) < 4.78 is 62.6. The summed E-state index contributed by atoms with van der Waals surface area (Å²) in [5, 5.41) is 20.2. The maximum Gasteiger partial charge on any atom is 0.387 e. The summed E-state index contributed by atoms with van der Waals surface area (Å²) >= 11 is 0.620. The number of alkyl halides is 2. The number of benzene rings is 1. The molecule has 0 unspecified atom stereocenters. The van der Waals surface area contributed by atoms with Gasteiger partial charge >= 0.3 is 6.61 Å². The van der Waals surface area contributed by atoms with Crippen molar-refractivity contribution in [1.82, 2.24) is 0 Å². The topological polar surface area (TPSA) is 160 Å². The summed E-state index contributed by atoms with van der Waals surface area (Å²) in [7, 11) is -4.14. The second-order valence-corrected chi connectivity index (χ2v) is 9.28. The van der Waals surface area contributed by atoms with Crippen molar-refractivity contribution < 1.29 is 41.4 Å². The highest BCUT2D eigenvalue weighted by Crippen LogP contribution is 2.41. The summed E-state index contributed by atoms with van der Waals surface area (Å²) in [4.78, 5) is 23.7. The van der Waals surface area contributed by atoms with E-state index < -0.39 is 55.4 Å². The molecule has 3 N–H and O–H groups in total. The van der Waals surface area contributed by atoms with Gasteiger partial charge in [0.1, 0.15) is 15.5 Å². The number of halogens is 2. The first-order chi connectivity index (χ1) is 14.7. The number of methoxy groups -OCH3 is 1. The zero-order valence-corrected chi connectivity index (χ0v) is 18.5. The minimum atomic E-state index is -5.17. The van der Waals surface area contributed by atoms with Crippen LogP contribution in [0.5, 0.6) is 11.5 Å². The number of nitrogens with two attached hydrogens (primary N) is 1. The maximum atomic E-state index is 13.6. The van der Waals surface area contributed by atoms with Crippen LogP contribution in [0.25, 0.3) is 0 Å². The van der Waals surface area contributed by atoms with Gasteiger partial charge in [0.15, 0.2) is 11.5 Å². The Hall–Kier alpha value is -3.28. The van der Waals surface area contributed by atoms with Crippen LogP contribution in [0.15, 0.2) is 28.5 Å². The predicted molar refractivity (Wildman–Crippen MR) is 108 cm³/mol. The molecule has 0 aliphatic heterocycles. The number of carbonyl (C=O) groups is 2. The molecule has 1 heterocycles. The number of nitriles is 1. The van der Waals surface area contributed by atoms with Gasteiger partial charge in [-0.2, -0.15) is 18.3 Å². The summed E-state index contributed by atoms with van der Waals surface area (Å²) in [5.74, 6) is -4.02. The van der Waals surface area contributed by atoms with Gasteiger partial charge in [-0.1, -0.05) is 0 Å². The molecule has 0 fully saturated rings. The molecule has 0 bridgehead atoms. The summed E-state index contributed by atoms with van der Waals surface area (Å²) in [5.41, 5.74) is 2.28. The molecule has 2 aromatic rings. The van der Waals surface area contributed by atoms with Gasteiger partial charge in [0.05, 0.1) is 24.3 Å². The van der Waals surface area contributed by atoms with Crippen LogP contribution in [-0.4, -0.2) is 44.7 Å². The van der Waals surface area contributed by atoms with Crippen molar-refractivity contribution in [3.63, 3.8) is 0 Å². The smallest absolute Gasteiger partial charge is 0.387 e. The van der Waals surface area contributed by atoms with Crippen LogP contribution >= 0.6 is 11.3 Å². The number of sulfonamides is 1. The number of primary amides is 1. The number of thiophene rings is 1. The minimum Gasteiger partial charge on any atom is -0.493 e. The van der Waals surface area contributed by atoms with Crippen LogP contribution in [0, 0.1) is 11.3 Å². The molecule has 0 aliphatic carbocycles. The number of anilines is 1. The number of rotatable bonds is 8. The SMILES string of the molecule is COc1cc(C#N)cc(S(=O)(=O)N(C(=O)C(C)(C)O)c2sccc2C(N)=O)c1OC(F)F. The molecule has 0 atom stereocenters. The zero-order chi connectivity index (χ0) is 24.4. The molecule has 0 saturated heterocycles. The number of nitrogens with zero attached hydrogens (tertiary/aromatic N) is 2. The Labute approximate surface area is 185 Å². The molecule has 0 aliphatic rings. The van der Waals surface area contributed by atoms with E-state index in [4.69, 9.17) is 10.5 Å². The van der Waals surface area contributed by atoms with Crippen molar-refractivity contribution in [2.75, 3.05) is 11.4 Å². The van der Waals surface area contributed by atoms with Crippen molar-refractivity contribution in [1.29, 1.82) is 5.26 Å². The normalized spacial score (nSPS) is 11.7. The molecule has 2 rings (SSSR count). The Balaban J connectivity index is 2.94. The Bertz CT molecular complexity index is 1200. The average Bonchev–Trinajstić information content (AvgIpc) is 3.16. The highest BCUT2D eigenvalue weighted by molar-refractivity contribution is 7.94. The van der Waals surface area contributed by atoms with Crippen LogP contribution in [0.1, 0.15) is 29.8 Å². The Morgan fingerprint density at radius 1 is 1.34 bits per heavy atom. The van der Waals surface area contributed by atoms with Crippen molar-refractivity contribution in [3.8, 4) is 17.6 Å². The highest BCUT2D eigenvalue weighted by atomic mass is 32.2. The lowest BCUT2D eigenvalue weighted by molar-refractivity contribution is -0.132. The number of amides is 2. The Morgan fingerprint density at radius 2 is 1.97 bits per heavy atom. The predicted octanol–water partition coefficient (Wildman–Crippen LogP) is 1.82. The van der Waals surface area contributed by atoms with Gasteiger partial charge in [-0.15, -0.1) is 11.3 Å². The van der Waals surface area contributed by atoms with Crippen molar-refractivity contribution >= 4 is 38.2 Å². The van der Waals surface area contributed by atoms with Crippen LogP contribution in [-0.2, 0) is 14.8 Å². The number of hydrogen-bond donors (Lipinski definition) is 2. The number of aliphatic hydroxyl groups is 1. The molecule has 32 heavy (non-hydrogen) atoms. The molecular formula is C18H17F2N3O7S2. The van der Waals surface area contributed by atoms with Gasteiger partial charge in [0, 0.05) is 6.07 Å². The molecule has 10 nitrogen and oxygen atoms in total. The molecule has 0 spiro atoms. The molecule has 0 saturated carbocycles. The lowest BCUT2D eigenvalue weighted by Crippen LogP contribution is -2.48. The van der Waals surface area contributed by atoms with E-state index in [1.807, 2.05) is 0 Å². The van der Waals surface area contributed by atoms with E-state index in [-0.39, 0.29) is 15.4 Å². The van der Waals surface area contributed by atoms with E-state index in [1.165, 1.54) is 5.38 Å². The Morgan fingerprint density at radius 3 is 2.44 bits per heavy atom. The van der Waals surface area contributed by atoms with Crippen LogP contribution in [0.4, 0.5) is 13.8 Å². The molecule has 172 valence electrons. The fourth-order valence-corrected chi connectivity index (χ4v) is 5.34. The monoisotopic (exact) mass is 489 g/mol. The second-order valence-electron chi connectivity index (χ2n) is 6.63. The Kier molecular flexibility index (Phi) is 7.08. The summed E-state index contributed by atoms with van der Waals surface area (Å²) in [6, 6.07) is 4.44. The molecule has 1 aromatic carbocycles. The van der Waals surface area contributed by atoms with E-state index in [0.717, 1.165) is 33.1 Å². The first-order valence-electron chi connectivity index (χ1n) is 8.52. The third kappa shape index (κ3) is 4.79. The lowest BCUT2D eigenvalue weighted by Gasteiger charge is -2.28. The first kappa shape index (κ1) is 25.0. The van der Waals surface area contributed by atoms with E-state index in [1.54, 1.807) is 6.07 Å². The zero-order valence-electron chi connectivity index (χ0n) is 16.8. The van der Waals surface area contributed by atoms with Crippen molar-refractivity contribution in [2.24, 2.45) is 5.73 Å². The molecule has 14 heteroatoms. The van der Waals surface area contributed by atoms with Crippen molar-refractivity contribution in [2.45, 2.75) is 31.0 Å². The van der Waals surface area contributed by atoms with Gasteiger partial charge in [-0.3, -0.25) is 9.59 Å². The third-order valence-corrected chi connectivity index (χ3v) is 6.60. The van der Waals surface area contributed by atoms with E-state index in [9.17, 15) is 37.2 Å². The van der Waals surface area contributed by atoms with Gasteiger partial charge in [0.2, 0.25) is 0 Å². The third-order valence-electron chi connectivity index (χ3n) is 3.90. The van der Waals surface area contributed by atoms with Gasteiger partial charge in [-0.25, -0.2) is 8.42 Å². The van der Waals surface area contributed by atoms with E-state index in [0.29, 0.717) is 17.4 Å². The molecule has 2 amide bonds. The molecular weight excluding hydrogens is 472 g/mol. The van der Waals surface area contributed by atoms with Crippen molar-refractivity contribution in [3.05, 3.63) is 34.7 Å². The van der Waals surface area contributed by atoms with Crippen LogP contribution < -0.4 is 19.5 Å². The van der Waals surface area contributed by atoms with E-state index in [2.05, 4.69) is 4.74 Å². The first-order valence-corrected chi connectivity index (χ1v) is 10.8. The van der Waals surface area contributed by atoms with Crippen LogP contribution in [0.2, 0.25) is 0 Å². The summed E-state index contributed by atoms with van der Waals surface area (Å²) in [6.45, 7) is -1.52. The van der Waals surface area contributed by atoms with Gasteiger partial charge in [-0.05, 0) is 31.4 Å². The fourth-order valence-electron chi connectivity index (χ4n) is 2.49. The standard InChI is InChI=1S/C18H17F2N3O7S2/c1-18(2,26)16(25)23(15-10(14(22)24)4-5-31-15)32(27,28)12-7-9(8-21)6-11(29-3)13(12)30-17(19)20/h4-7,17,26H,1-3H3,(H2,22,24). The summed E-state index contributed by atoms with van der Waals surface area (Å²) in [6.07, 6.45) is 0. The van der Waals surface area contributed by atoms with Gasteiger partial charge < -0.3 is 20.3 Å². The molecule has 0 radical (unpaired) electrons. The van der Waals surface area contributed by atoms with E-state index >= 15 is 0 Å². The fraction of sp³-hybridized carbons (Fsp3) is 0.278. The highest BCUT2D eigenvalue weighted by Gasteiger charge is 2.43. The number of hydrogen-bond acceptors (Lipinski definition) is 9. The van der Waals surface area contributed by atoms with Crippen LogP contribution in [0.3, 0.4) is 0 Å². The quantitative estimate of drug-likeness (QED) is 0.568. The second kappa shape index (κ2) is 9.07. The van der Waals surface area contributed by atoms with Gasteiger partial charge in [0.25, 0.3) is 21.8 Å². The maximum absolute atomic E-state index is 13.6. The number of ether oxygens (including phenoxy) is 2.